The smallest absolute Gasteiger partial charge is 0.261 e. The number of hydrogen-bond donors (Lipinski definition) is 3. The fourth-order valence-corrected chi connectivity index (χ4v) is 3.36. The van der Waals surface area contributed by atoms with E-state index in [1.165, 1.54) is 0 Å². The summed E-state index contributed by atoms with van der Waals surface area (Å²) in [7, 11) is 1.68. The van der Waals surface area contributed by atoms with Crippen LogP contribution in [0.2, 0.25) is 0 Å². The molecule has 0 unspecified atom stereocenters. The Morgan fingerprint density at radius 3 is 2.62 bits per heavy atom. The van der Waals surface area contributed by atoms with Crippen LogP contribution < -0.4 is 16.4 Å². The minimum Gasteiger partial charge on any atom is -0.384 e. The molecule has 6 nitrogen and oxygen atoms in total. The predicted molar refractivity (Wildman–Crippen MR) is 81.6 cm³/mol. The van der Waals surface area contributed by atoms with E-state index in [4.69, 9.17) is 10.5 Å². The average molecular weight is 311 g/mol. The van der Waals surface area contributed by atoms with Gasteiger partial charge in [-0.1, -0.05) is 0 Å². The van der Waals surface area contributed by atoms with Crippen LogP contribution in [0.5, 0.6) is 0 Å². The summed E-state index contributed by atoms with van der Waals surface area (Å²) < 4.78 is 5.32. The van der Waals surface area contributed by atoms with Crippen LogP contribution in [-0.2, 0) is 4.74 Å². The van der Waals surface area contributed by atoms with Gasteiger partial charge in [-0.05, 0) is 38.1 Å². The van der Waals surface area contributed by atoms with Crippen LogP contribution >= 0.6 is 11.3 Å². The van der Waals surface area contributed by atoms with Gasteiger partial charge in [0.15, 0.2) is 0 Å². The van der Waals surface area contributed by atoms with Crippen molar-refractivity contribution in [1.29, 1.82) is 0 Å². The molecule has 2 heterocycles. The van der Waals surface area contributed by atoms with Gasteiger partial charge in [0.25, 0.3) is 11.8 Å². The first-order valence-corrected chi connectivity index (χ1v) is 7.75. The fraction of sp³-hybridized carbons (Fsp3) is 0.571. The van der Waals surface area contributed by atoms with Gasteiger partial charge < -0.3 is 21.1 Å². The lowest BCUT2D eigenvalue weighted by molar-refractivity contribution is 0.0512. The van der Waals surface area contributed by atoms with Crippen LogP contribution in [0.3, 0.4) is 0 Å². The molecule has 1 aliphatic heterocycles. The average Bonchev–Trinajstić information content (AvgIpc) is 2.96. The molecular weight excluding hydrogens is 290 g/mol. The van der Waals surface area contributed by atoms with E-state index in [2.05, 4.69) is 10.6 Å². The van der Waals surface area contributed by atoms with Crippen LogP contribution in [0.1, 0.15) is 32.2 Å². The summed E-state index contributed by atoms with van der Waals surface area (Å²) in [6.45, 7) is 3.07. The number of carbonyl (C=O) groups is 2. The highest BCUT2D eigenvalue weighted by molar-refractivity contribution is 7.15. The number of nitrogens with two attached hydrogens (primary N) is 1. The maximum absolute atomic E-state index is 12.2. The topological polar surface area (TPSA) is 93.4 Å². The van der Waals surface area contributed by atoms with E-state index in [0.29, 0.717) is 22.9 Å². The normalized spacial score (nSPS) is 17.4. The van der Waals surface area contributed by atoms with Crippen LogP contribution in [-0.4, -0.2) is 45.2 Å². The minimum atomic E-state index is -0.506. The number of primary amides is 1. The molecule has 2 rings (SSSR count). The number of ether oxygens (including phenoxy) is 1. The molecule has 0 atom stereocenters. The number of thiophene rings is 1. The standard InChI is InChI=1S/C14H21N3O3S/c1-20-9-14(4-6-16-7-5-14)8-17-13(19)11-3-2-10(21-11)12(15)18/h2-3,16H,4-9H2,1H3,(H2,15,18)(H,17,19). The molecular formula is C14H21N3O3S. The Labute approximate surface area is 128 Å². The number of amides is 2. The van der Waals surface area contributed by atoms with Gasteiger partial charge in [-0.2, -0.15) is 0 Å². The zero-order chi connectivity index (χ0) is 15.3. The Bertz CT molecular complexity index is 504. The molecule has 1 aliphatic rings. The van der Waals surface area contributed by atoms with Crippen molar-refractivity contribution in [3.63, 3.8) is 0 Å². The maximum atomic E-state index is 12.2. The lowest BCUT2D eigenvalue weighted by atomic mass is 9.79. The van der Waals surface area contributed by atoms with Crippen LogP contribution in [0.4, 0.5) is 0 Å². The van der Waals surface area contributed by atoms with Crippen molar-refractivity contribution in [2.24, 2.45) is 11.1 Å². The molecule has 1 aromatic rings. The molecule has 2 amide bonds. The Morgan fingerprint density at radius 1 is 1.38 bits per heavy atom. The quantitative estimate of drug-likeness (QED) is 0.717. The van der Waals surface area contributed by atoms with Gasteiger partial charge in [0, 0.05) is 19.1 Å². The van der Waals surface area contributed by atoms with Gasteiger partial charge in [0.1, 0.15) is 0 Å². The monoisotopic (exact) mass is 311 g/mol. The number of piperidine rings is 1. The van der Waals surface area contributed by atoms with E-state index < -0.39 is 5.91 Å². The Morgan fingerprint density at radius 2 is 2.05 bits per heavy atom. The molecule has 0 saturated carbocycles. The molecule has 1 fully saturated rings. The zero-order valence-corrected chi connectivity index (χ0v) is 12.9. The largest absolute Gasteiger partial charge is 0.384 e. The Kier molecular flexibility index (Phi) is 5.33. The molecule has 7 heteroatoms. The lowest BCUT2D eigenvalue weighted by Gasteiger charge is -2.37. The van der Waals surface area contributed by atoms with Crippen molar-refractivity contribution in [3.8, 4) is 0 Å². The summed E-state index contributed by atoms with van der Waals surface area (Å²) in [5.41, 5.74) is 5.18. The maximum Gasteiger partial charge on any atom is 0.261 e. The third-order valence-corrected chi connectivity index (χ3v) is 4.91. The number of methoxy groups -OCH3 is 1. The van der Waals surface area contributed by atoms with Gasteiger partial charge in [-0.25, -0.2) is 0 Å². The van der Waals surface area contributed by atoms with E-state index in [9.17, 15) is 9.59 Å². The molecule has 1 aromatic heterocycles. The first kappa shape index (κ1) is 15.9. The first-order chi connectivity index (χ1) is 10.1. The SMILES string of the molecule is COCC1(CNC(=O)c2ccc(C(N)=O)s2)CCNCC1. The molecule has 4 N–H and O–H groups in total. The second kappa shape index (κ2) is 7.02. The molecule has 21 heavy (non-hydrogen) atoms. The van der Waals surface area contributed by atoms with E-state index in [1.807, 2.05) is 0 Å². The Balaban J connectivity index is 1.96. The van der Waals surface area contributed by atoms with Crippen molar-refractivity contribution in [3.05, 3.63) is 21.9 Å². The Hall–Kier alpha value is -1.44. The first-order valence-electron chi connectivity index (χ1n) is 6.94. The van der Waals surface area contributed by atoms with Gasteiger partial charge in [-0.15, -0.1) is 11.3 Å². The number of hydrogen-bond acceptors (Lipinski definition) is 5. The van der Waals surface area contributed by atoms with Crippen molar-refractivity contribution >= 4 is 23.2 Å². The molecule has 0 bridgehead atoms. The third kappa shape index (κ3) is 4.03. The molecule has 1 saturated heterocycles. The van der Waals surface area contributed by atoms with Crippen LogP contribution in [0.25, 0.3) is 0 Å². The van der Waals surface area contributed by atoms with E-state index in [0.717, 1.165) is 37.3 Å². The zero-order valence-electron chi connectivity index (χ0n) is 12.1. The van der Waals surface area contributed by atoms with Gasteiger partial charge in [0.05, 0.1) is 16.4 Å². The fourth-order valence-electron chi connectivity index (χ4n) is 2.58. The summed E-state index contributed by atoms with van der Waals surface area (Å²) in [6, 6.07) is 3.21. The molecule has 0 aromatic carbocycles. The second-order valence-corrected chi connectivity index (χ2v) is 6.48. The van der Waals surface area contributed by atoms with E-state index in [1.54, 1.807) is 19.2 Å². The lowest BCUT2D eigenvalue weighted by Crippen LogP contribution is -2.47. The van der Waals surface area contributed by atoms with Gasteiger partial charge >= 0.3 is 0 Å². The molecule has 116 valence electrons. The van der Waals surface area contributed by atoms with E-state index >= 15 is 0 Å². The van der Waals surface area contributed by atoms with Crippen LogP contribution in [0, 0.1) is 5.41 Å². The summed E-state index contributed by atoms with van der Waals surface area (Å²) in [5, 5.41) is 6.27. The highest BCUT2D eigenvalue weighted by Gasteiger charge is 2.32. The predicted octanol–water partition coefficient (Wildman–Crippen LogP) is 0.593. The minimum absolute atomic E-state index is 0.0144. The van der Waals surface area contributed by atoms with Crippen molar-refractivity contribution in [2.45, 2.75) is 12.8 Å². The molecule has 0 aliphatic carbocycles. The summed E-state index contributed by atoms with van der Waals surface area (Å²) >= 11 is 1.12. The third-order valence-electron chi connectivity index (χ3n) is 3.81. The molecule has 0 radical (unpaired) electrons. The summed E-state index contributed by atoms with van der Waals surface area (Å²) in [4.78, 5) is 24.1. The summed E-state index contributed by atoms with van der Waals surface area (Å²) in [5.74, 6) is -0.672. The molecule has 0 spiro atoms. The highest BCUT2D eigenvalue weighted by atomic mass is 32.1. The van der Waals surface area contributed by atoms with Gasteiger partial charge in [-0.3, -0.25) is 9.59 Å². The summed E-state index contributed by atoms with van der Waals surface area (Å²) in [6.07, 6.45) is 1.94. The van der Waals surface area contributed by atoms with Crippen molar-refractivity contribution in [2.75, 3.05) is 33.4 Å². The number of rotatable bonds is 6. The second-order valence-electron chi connectivity index (χ2n) is 5.39. The van der Waals surface area contributed by atoms with E-state index in [-0.39, 0.29) is 11.3 Å². The van der Waals surface area contributed by atoms with Crippen molar-refractivity contribution in [1.82, 2.24) is 10.6 Å². The number of nitrogens with one attached hydrogen (secondary N) is 2. The van der Waals surface area contributed by atoms with Crippen LogP contribution in [0.15, 0.2) is 12.1 Å². The van der Waals surface area contributed by atoms with Crippen molar-refractivity contribution < 1.29 is 14.3 Å². The number of carbonyl (C=O) groups excluding carboxylic acids is 2. The van der Waals surface area contributed by atoms with Gasteiger partial charge in [0.2, 0.25) is 0 Å². The highest BCUT2D eigenvalue weighted by Crippen LogP contribution is 2.28.